The van der Waals surface area contributed by atoms with E-state index in [1.54, 1.807) is 39.6 Å². The normalized spacial score (nSPS) is 10.9. The van der Waals surface area contributed by atoms with Gasteiger partial charge in [0, 0.05) is 18.8 Å². The van der Waals surface area contributed by atoms with E-state index in [0.717, 1.165) is 5.56 Å². The van der Waals surface area contributed by atoms with Gasteiger partial charge in [-0.25, -0.2) is 0 Å². The van der Waals surface area contributed by atoms with Crippen molar-refractivity contribution in [2.45, 2.75) is 0 Å². The van der Waals surface area contributed by atoms with Crippen LogP contribution in [0.25, 0.3) is 6.08 Å². The second kappa shape index (κ2) is 6.45. The zero-order valence-electron chi connectivity index (χ0n) is 12.0. The molecule has 21 heavy (non-hydrogen) atoms. The molecule has 0 aliphatic carbocycles. The van der Waals surface area contributed by atoms with E-state index in [2.05, 4.69) is 5.10 Å². The van der Waals surface area contributed by atoms with Crippen LogP contribution >= 0.6 is 11.6 Å². The number of aryl methyl sites for hydroxylation is 1. The van der Waals surface area contributed by atoms with Crippen molar-refractivity contribution in [2.24, 2.45) is 7.05 Å². The zero-order valence-corrected chi connectivity index (χ0v) is 12.7. The van der Waals surface area contributed by atoms with Crippen LogP contribution in [-0.4, -0.2) is 29.8 Å². The number of hydrogen-bond acceptors (Lipinski definition) is 4. The van der Waals surface area contributed by atoms with Crippen molar-refractivity contribution >= 4 is 23.5 Å². The summed E-state index contributed by atoms with van der Waals surface area (Å²) in [6.45, 7) is 0. The Morgan fingerprint density at radius 1 is 1.33 bits per heavy atom. The Bertz CT molecular complexity index is 692. The molecule has 0 radical (unpaired) electrons. The molecule has 0 fully saturated rings. The van der Waals surface area contributed by atoms with Crippen LogP contribution in [0.1, 0.15) is 16.1 Å². The fourth-order valence-corrected chi connectivity index (χ4v) is 2.19. The molecule has 110 valence electrons. The Morgan fingerprint density at radius 3 is 2.67 bits per heavy atom. The predicted molar refractivity (Wildman–Crippen MR) is 81.1 cm³/mol. The third kappa shape index (κ3) is 3.25. The minimum absolute atomic E-state index is 0.220. The van der Waals surface area contributed by atoms with E-state index in [9.17, 15) is 4.79 Å². The molecule has 0 aliphatic rings. The monoisotopic (exact) mass is 306 g/mol. The maximum Gasteiger partial charge on any atom is 0.207 e. The van der Waals surface area contributed by atoms with E-state index >= 15 is 0 Å². The van der Waals surface area contributed by atoms with Crippen LogP contribution < -0.4 is 9.47 Å². The van der Waals surface area contributed by atoms with Crippen LogP contribution in [0.5, 0.6) is 11.5 Å². The molecule has 0 saturated heterocycles. The number of allylic oxidation sites excluding steroid dienone is 1. The summed E-state index contributed by atoms with van der Waals surface area (Å²) in [5.41, 5.74) is 0.953. The number of carbonyl (C=O) groups is 1. The summed E-state index contributed by atoms with van der Waals surface area (Å²) in [6.07, 6.45) is 4.63. The highest BCUT2D eigenvalue weighted by molar-refractivity contribution is 6.34. The Labute approximate surface area is 127 Å². The molecule has 0 amide bonds. The number of aromatic nitrogens is 2. The van der Waals surface area contributed by atoms with Gasteiger partial charge in [0.15, 0.2) is 17.2 Å². The minimum Gasteiger partial charge on any atom is -0.493 e. The Kier molecular flexibility index (Phi) is 4.65. The van der Waals surface area contributed by atoms with Crippen molar-refractivity contribution in [1.29, 1.82) is 0 Å². The van der Waals surface area contributed by atoms with Crippen molar-refractivity contribution in [3.63, 3.8) is 0 Å². The smallest absolute Gasteiger partial charge is 0.207 e. The van der Waals surface area contributed by atoms with Gasteiger partial charge in [-0.1, -0.05) is 23.7 Å². The van der Waals surface area contributed by atoms with Crippen molar-refractivity contribution < 1.29 is 14.3 Å². The number of carbonyl (C=O) groups excluding carboxylic acids is 1. The number of nitrogens with zero attached hydrogens (tertiary/aromatic N) is 2. The number of ketones is 1. The van der Waals surface area contributed by atoms with Crippen LogP contribution in [0.4, 0.5) is 0 Å². The lowest BCUT2D eigenvalue weighted by atomic mass is 10.1. The van der Waals surface area contributed by atoms with Gasteiger partial charge in [0.2, 0.25) is 5.78 Å². The number of rotatable bonds is 5. The Balaban J connectivity index is 2.29. The average Bonchev–Trinajstić information content (AvgIpc) is 2.82. The standard InChI is InChI=1S/C15H15ClN2O3/c1-18-9-11(16)14(17-18)12(19)8-7-10-5-4-6-13(20-2)15(10)21-3/h4-9H,1-3H3/b8-7+. The average molecular weight is 307 g/mol. The van der Waals surface area contributed by atoms with Crippen molar-refractivity contribution in [3.8, 4) is 11.5 Å². The molecule has 0 bridgehead atoms. The first kappa shape index (κ1) is 15.1. The summed E-state index contributed by atoms with van der Waals surface area (Å²) < 4.78 is 12.0. The highest BCUT2D eigenvalue weighted by Gasteiger charge is 2.13. The summed E-state index contributed by atoms with van der Waals surface area (Å²) >= 11 is 5.95. The quantitative estimate of drug-likeness (QED) is 0.629. The molecule has 0 unspecified atom stereocenters. The number of hydrogen-bond donors (Lipinski definition) is 0. The molecular formula is C15H15ClN2O3. The molecule has 6 heteroatoms. The zero-order chi connectivity index (χ0) is 15.4. The van der Waals surface area contributed by atoms with Gasteiger partial charge in [0.1, 0.15) is 0 Å². The van der Waals surface area contributed by atoms with Crippen LogP contribution in [0.15, 0.2) is 30.5 Å². The minimum atomic E-state index is -0.273. The molecule has 0 atom stereocenters. The second-order valence-corrected chi connectivity index (χ2v) is 4.69. The first-order chi connectivity index (χ1) is 10.1. The third-order valence-electron chi connectivity index (χ3n) is 2.87. The largest absolute Gasteiger partial charge is 0.493 e. The van der Waals surface area contributed by atoms with Crippen molar-refractivity contribution in [1.82, 2.24) is 9.78 Å². The highest BCUT2D eigenvalue weighted by atomic mass is 35.5. The van der Waals surface area contributed by atoms with Gasteiger partial charge in [-0.2, -0.15) is 5.10 Å². The van der Waals surface area contributed by atoms with E-state index < -0.39 is 0 Å². The van der Waals surface area contributed by atoms with Crippen molar-refractivity contribution in [2.75, 3.05) is 14.2 Å². The SMILES string of the molecule is COc1cccc(/C=C/C(=O)c2nn(C)cc2Cl)c1OC. The lowest BCUT2D eigenvalue weighted by Crippen LogP contribution is -1.98. The summed E-state index contributed by atoms with van der Waals surface area (Å²) in [5.74, 6) is 0.893. The lowest BCUT2D eigenvalue weighted by molar-refractivity contribution is 0.104. The Morgan fingerprint density at radius 2 is 2.10 bits per heavy atom. The van der Waals surface area contributed by atoms with Gasteiger partial charge in [0.25, 0.3) is 0 Å². The third-order valence-corrected chi connectivity index (χ3v) is 3.14. The van der Waals surface area contributed by atoms with Gasteiger partial charge >= 0.3 is 0 Å². The van der Waals surface area contributed by atoms with E-state index in [-0.39, 0.29) is 11.5 Å². The fourth-order valence-electron chi connectivity index (χ4n) is 1.91. The maximum atomic E-state index is 12.1. The van der Waals surface area contributed by atoms with Crippen LogP contribution in [0, 0.1) is 0 Å². The molecule has 2 aromatic rings. The first-order valence-electron chi connectivity index (χ1n) is 6.19. The summed E-state index contributed by atoms with van der Waals surface area (Å²) in [6, 6.07) is 5.43. The summed E-state index contributed by atoms with van der Waals surface area (Å²) in [7, 11) is 4.81. The number of para-hydroxylation sites is 1. The molecule has 0 aliphatic heterocycles. The number of benzene rings is 1. The van der Waals surface area contributed by atoms with E-state index in [1.807, 2.05) is 12.1 Å². The predicted octanol–water partition coefficient (Wildman–Crippen LogP) is 2.99. The molecule has 5 nitrogen and oxygen atoms in total. The second-order valence-electron chi connectivity index (χ2n) is 4.28. The van der Waals surface area contributed by atoms with Gasteiger partial charge in [-0.3, -0.25) is 9.48 Å². The van der Waals surface area contributed by atoms with Crippen molar-refractivity contribution in [3.05, 3.63) is 46.8 Å². The number of methoxy groups -OCH3 is 2. The topological polar surface area (TPSA) is 53.3 Å². The van der Waals surface area contributed by atoms with Gasteiger partial charge in [-0.05, 0) is 18.2 Å². The molecular weight excluding hydrogens is 292 g/mol. The number of ether oxygens (including phenoxy) is 2. The first-order valence-corrected chi connectivity index (χ1v) is 6.57. The van der Waals surface area contributed by atoms with E-state index in [0.29, 0.717) is 16.5 Å². The van der Waals surface area contributed by atoms with Crippen LogP contribution in [-0.2, 0) is 7.05 Å². The highest BCUT2D eigenvalue weighted by Crippen LogP contribution is 2.31. The molecule has 1 heterocycles. The molecule has 0 N–H and O–H groups in total. The van der Waals surface area contributed by atoms with Crippen LogP contribution in [0.3, 0.4) is 0 Å². The lowest BCUT2D eigenvalue weighted by Gasteiger charge is -2.09. The van der Waals surface area contributed by atoms with E-state index in [4.69, 9.17) is 21.1 Å². The van der Waals surface area contributed by atoms with Gasteiger partial charge in [0.05, 0.1) is 19.2 Å². The summed E-state index contributed by atoms with van der Waals surface area (Å²) in [5, 5.41) is 4.35. The van der Waals surface area contributed by atoms with Gasteiger partial charge in [-0.15, -0.1) is 0 Å². The van der Waals surface area contributed by atoms with Crippen LogP contribution in [0.2, 0.25) is 5.02 Å². The summed E-state index contributed by atoms with van der Waals surface area (Å²) in [4.78, 5) is 12.1. The Hall–Kier alpha value is -2.27. The molecule has 2 rings (SSSR count). The molecule has 1 aromatic carbocycles. The van der Waals surface area contributed by atoms with Gasteiger partial charge < -0.3 is 9.47 Å². The maximum absolute atomic E-state index is 12.1. The fraction of sp³-hybridized carbons (Fsp3) is 0.200. The van der Waals surface area contributed by atoms with E-state index in [1.165, 1.54) is 10.8 Å². The molecule has 1 aromatic heterocycles. The number of halogens is 1. The molecule has 0 spiro atoms. The molecule has 0 saturated carbocycles.